The van der Waals surface area contributed by atoms with Gasteiger partial charge in [0.25, 0.3) is 0 Å². The van der Waals surface area contributed by atoms with Crippen molar-refractivity contribution >= 4 is 15.9 Å². The van der Waals surface area contributed by atoms with E-state index in [2.05, 4.69) is 39.7 Å². The molecule has 0 spiro atoms. The molecular formula is C13H21BrN2O. The van der Waals surface area contributed by atoms with Crippen LogP contribution in [0.2, 0.25) is 0 Å². The molecule has 0 aromatic carbocycles. The van der Waals surface area contributed by atoms with E-state index in [0.717, 1.165) is 36.2 Å². The second-order valence-corrected chi connectivity index (χ2v) is 5.06. The first-order chi connectivity index (χ1) is 8.15. The number of pyridine rings is 1. The van der Waals surface area contributed by atoms with E-state index in [4.69, 9.17) is 0 Å². The molecule has 1 atom stereocenters. The summed E-state index contributed by atoms with van der Waals surface area (Å²) in [7, 11) is 0. The van der Waals surface area contributed by atoms with Gasteiger partial charge in [0.2, 0.25) is 0 Å². The maximum atomic E-state index is 9.93. The average Bonchev–Trinajstić information content (AvgIpc) is 2.33. The molecule has 1 N–H and O–H groups in total. The summed E-state index contributed by atoms with van der Waals surface area (Å²) in [5, 5.41) is 9.93. The minimum atomic E-state index is -0.302. The average molecular weight is 301 g/mol. The van der Waals surface area contributed by atoms with Crippen LogP contribution in [0.15, 0.2) is 22.8 Å². The lowest BCUT2D eigenvalue weighted by atomic mass is 10.1. The Kier molecular flexibility index (Phi) is 6.70. The van der Waals surface area contributed by atoms with Crippen LogP contribution in [0.1, 0.15) is 26.0 Å². The molecule has 0 aliphatic rings. The predicted molar refractivity (Wildman–Crippen MR) is 74.1 cm³/mol. The molecule has 0 aliphatic carbocycles. The van der Waals surface area contributed by atoms with Crippen LogP contribution in [0.3, 0.4) is 0 Å². The lowest BCUT2D eigenvalue weighted by Crippen LogP contribution is -2.27. The van der Waals surface area contributed by atoms with Crippen molar-refractivity contribution in [3.8, 4) is 0 Å². The highest BCUT2D eigenvalue weighted by atomic mass is 79.9. The van der Waals surface area contributed by atoms with Crippen molar-refractivity contribution in [1.82, 2.24) is 9.88 Å². The van der Waals surface area contributed by atoms with Crippen molar-refractivity contribution < 1.29 is 5.11 Å². The fraction of sp³-hybridized carbons (Fsp3) is 0.615. The van der Waals surface area contributed by atoms with E-state index in [9.17, 15) is 5.11 Å². The largest absolute Gasteiger partial charge is 0.393 e. The number of halogens is 1. The van der Waals surface area contributed by atoms with Crippen molar-refractivity contribution in [3.05, 3.63) is 28.5 Å². The molecule has 1 rings (SSSR count). The zero-order valence-corrected chi connectivity index (χ0v) is 12.2. The standard InChI is InChI=1S/C13H21BrN2O/c1-3-16(4-2)8-7-13(17)9-12-6-5-11(14)10-15-12/h5-6,10,13,17H,3-4,7-9H2,1-2H3. The zero-order valence-electron chi connectivity index (χ0n) is 10.6. The maximum Gasteiger partial charge on any atom is 0.0607 e. The number of aromatic nitrogens is 1. The molecule has 96 valence electrons. The van der Waals surface area contributed by atoms with Crippen molar-refractivity contribution in [2.24, 2.45) is 0 Å². The molecule has 0 saturated heterocycles. The van der Waals surface area contributed by atoms with Crippen molar-refractivity contribution in [2.45, 2.75) is 32.8 Å². The first kappa shape index (κ1) is 14.6. The third-order valence-electron chi connectivity index (χ3n) is 2.91. The first-order valence-electron chi connectivity index (χ1n) is 6.16. The number of aliphatic hydroxyl groups is 1. The minimum absolute atomic E-state index is 0.302. The molecule has 1 aromatic rings. The summed E-state index contributed by atoms with van der Waals surface area (Å²) in [6, 6.07) is 3.91. The number of hydrogen-bond acceptors (Lipinski definition) is 3. The van der Waals surface area contributed by atoms with Crippen molar-refractivity contribution in [3.63, 3.8) is 0 Å². The van der Waals surface area contributed by atoms with Crippen LogP contribution in [0, 0.1) is 0 Å². The molecule has 0 saturated carbocycles. The maximum absolute atomic E-state index is 9.93. The molecule has 0 bridgehead atoms. The Morgan fingerprint density at radius 2 is 2.06 bits per heavy atom. The summed E-state index contributed by atoms with van der Waals surface area (Å²) in [6.45, 7) is 7.32. The van der Waals surface area contributed by atoms with Crippen molar-refractivity contribution in [1.29, 1.82) is 0 Å². The Balaban J connectivity index is 2.34. The third-order valence-corrected chi connectivity index (χ3v) is 3.38. The van der Waals surface area contributed by atoms with Gasteiger partial charge in [-0.3, -0.25) is 4.98 Å². The molecule has 0 aliphatic heterocycles. The summed E-state index contributed by atoms with van der Waals surface area (Å²) in [6.07, 6.45) is 2.91. The molecule has 0 radical (unpaired) electrons. The van der Waals surface area contributed by atoms with E-state index in [0.29, 0.717) is 6.42 Å². The van der Waals surface area contributed by atoms with Crippen LogP contribution >= 0.6 is 15.9 Å². The molecular weight excluding hydrogens is 280 g/mol. The van der Waals surface area contributed by atoms with Gasteiger partial charge in [-0.1, -0.05) is 13.8 Å². The molecule has 0 amide bonds. The van der Waals surface area contributed by atoms with Gasteiger partial charge in [0, 0.05) is 29.3 Å². The summed E-state index contributed by atoms with van der Waals surface area (Å²) in [4.78, 5) is 6.58. The summed E-state index contributed by atoms with van der Waals surface area (Å²) in [5.41, 5.74) is 0.945. The van der Waals surface area contributed by atoms with Crippen LogP contribution < -0.4 is 0 Å². The molecule has 3 nitrogen and oxygen atoms in total. The van der Waals surface area contributed by atoms with Gasteiger partial charge in [0.05, 0.1) is 6.10 Å². The molecule has 1 unspecified atom stereocenters. The van der Waals surface area contributed by atoms with Crippen LogP contribution in [-0.4, -0.2) is 40.7 Å². The Bertz CT molecular complexity index is 312. The molecule has 1 heterocycles. The lowest BCUT2D eigenvalue weighted by molar-refractivity contribution is 0.143. The smallest absolute Gasteiger partial charge is 0.0607 e. The highest BCUT2D eigenvalue weighted by Gasteiger charge is 2.08. The fourth-order valence-electron chi connectivity index (χ4n) is 1.74. The molecule has 17 heavy (non-hydrogen) atoms. The van der Waals surface area contributed by atoms with Crippen LogP contribution in [0.5, 0.6) is 0 Å². The fourth-order valence-corrected chi connectivity index (χ4v) is 1.98. The summed E-state index contributed by atoms with van der Waals surface area (Å²) >= 11 is 3.35. The van der Waals surface area contributed by atoms with Gasteiger partial charge in [-0.15, -0.1) is 0 Å². The molecule has 0 fully saturated rings. The monoisotopic (exact) mass is 300 g/mol. The predicted octanol–water partition coefficient (Wildman–Crippen LogP) is 2.48. The minimum Gasteiger partial charge on any atom is -0.393 e. The summed E-state index contributed by atoms with van der Waals surface area (Å²) < 4.78 is 0.971. The Morgan fingerprint density at radius 3 is 2.59 bits per heavy atom. The number of hydrogen-bond donors (Lipinski definition) is 1. The van der Waals surface area contributed by atoms with Gasteiger partial charge >= 0.3 is 0 Å². The van der Waals surface area contributed by atoms with E-state index in [1.54, 1.807) is 6.20 Å². The SMILES string of the molecule is CCN(CC)CCC(O)Cc1ccc(Br)cn1. The second kappa shape index (κ2) is 7.80. The van der Waals surface area contributed by atoms with Gasteiger partial charge in [0.1, 0.15) is 0 Å². The van der Waals surface area contributed by atoms with E-state index in [-0.39, 0.29) is 6.10 Å². The van der Waals surface area contributed by atoms with Crippen LogP contribution in [-0.2, 0) is 6.42 Å². The van der Waals surface area contributed by atoms with Crippen LogP contribution in [0.25, 0.3) is 0 Å². The lowest BCUT2D eigenvalue weighted by Gasteiger charge is -2.19. The van der Waals surface area contributed by atoms with E-state index >= 15 is 0 Å². The van der Waals surface area contributed by atoms with Gasteiger partial charge in [0.15, 0.2) is 0 Å². The van der Waals surface area contributed by atoms with E-state index in [1.807, 2.05) is 12.1 Å². The molecule has 4 heteroatoms. The van der Waals surface area contributed by atoms with Crippen LogP contribution in [0.4, 0.5) is 0 Å². The van der Waals surface area contributed by atoms with E-state index in [1.165, 1.54) is 0 Å². The summed E-state index contributed by atoms with van der Waals surface area (Å²) in [5.74, 6) is 0. The van der Waals surface area contributed by atoms with Gasteiger partial charge < -0.3 is 10.0 Å². The normalized spacial score (nSPS) is 13.0. The topological polar surface area (TPSA) is 36.4 Å². The number of rotatable bonds is 7. The number of nitrogens with zero attached hydrogens (tertiary/aromatic N) is 2. The number of aliphatic hydroxyl groups excluding tert-OH is 1. The van der Waals surface area contributed by atoms with Gasteiger partial charge in [-0.05, 0) is 47.6 Å². The molecule has 1 aromatic heterocycles. The van der Waals surface area contributed by atoms with Gasteiger partial charge in [-0.2, -0.15) is 0 Å². The quantitative estimate of drug-likeness (QED) is 0.840. The highest BCUT2D eigenvalue weighted by molar-refractivity contribution is 9.10. The van der Waals surface area contributed by atoms with Crippen molar-refractivity contribution in [2.75, 3.05) is 19.6 Å². The Hall–Kier alpha value is -0.450. The second-order valence-electron chi connectivity index (χ2n) is 4.14. The van der Waals surface area contributed by atoms with E-state index < -0.39 is 0 Å². The zero-order chi connectivity index (χ0) is 12.7. The van der Waals surface area contributed by atoms with Gasteiger partial charge in [-0.25, -0.2) is 0 Å². The Morgan fingerprint density at radius 1 is 1.35 bits per heavy atom. The Labute approximate surface area is 112 Å². The third kappa shape index (κ3) is 5.61. The first-order valence-corrected chi connectivity index (χ1v) is 6.95. The highest BCUT2D eigenvalue weighted by Crippen LogP contribution is 2.10.